The minimum atomic E-state index is -0.590. The molecule has 3 aromatic rings. The van der Waals surface area contributed by atoms with Gasteiger partial charge in [-0.3, -0.25) is 14.4 Å². The second-order valence-electron chi connectivity index (χ2n) is 7.58. The summed E-state index contributed by atoms with van der Waals surface area (Å²) in [6, 6.07) is 19.0. The summed E-state index contributed by atoms with van der Waals surface area (Å²) in [6.07, 6.45) is 0.0736. The lowest BCUT2D eigenvalue weighted by atomic mass is 10.1. The number of carbonyl (C=O) groups excluding carboxylic acids is 4. The van der Waals surface area contributed by atoms with E-state index < -0.39 is 24.5 Å². The second-order valence-corrected chi connectivity index (χ2v) is 8.53. The Kier molecular flexibility index (Phi) is 6.95. The predicted molar refractivity (Wildman–Crippen MR) is 121 cm³/mol. The molecule has 1 aromatic heterocycles. The largest absolute Gasteiger partial charge is 0.457 e. The normalized spacial score (nSPS) is 15.3. The van der Waals surface area contributed by atoms with Crippen LogP contribution in [-0.2, 0) is 20.9 Å². The Morgan fingerprint density at radius 3 is 2.42 bits per heavy atom. The lowest BCUT2D eigenvalue weighted by molar-refractivity contribution is -0.147. The van der Waals surface area contributed by atoms with E-state index in [1.807, 2.05) is 30.3 Å². The first-order valence-electron chi connectivity index (χ1n) is 10.4. The third-order valence-electron chi connectivity index (χ3n) is 5.22. The van der Waals surface area contributed by atoms with E-state index in [1.54, 1.807) is 22.4 Å². The molecule has 1 atom stereocenters. The van der Waals surface area contributed by atoms with E-state index in [0.717, 1.165) is 5.56 Å². The number of thiophene rings is 1. The first kappa shape index (κ1) is 22.4. The molecular weight excluding hydrogens is 442 g/mol. The molecule has 2 heterocycles. The van der Waals surface area contributed by atoms with Gasteiger partial charge in [-0.1, -0.05) is 36.4 Å². The highest BCUT2D eigenvalue weighted by atomic mass is 32.1. The first-order chi connectivity index (χ1) is 16.0. The first-order valence-corrected chi connectivity index (χ1v) is 11.2. The summed E-state index contributed by atoms with van der Waals surface area (Å²) in [5.74, 6) is -1.80. The predicted octanol–water partition coefficient (Wildman–Crippen LogP) is 3.74. The highest BCUT2D eigenvalue weighted by Crippen LogP contribution is 2.22. The van der Waals surface area contributed by atoms with Crippen LogP contribution in [0.25, 0.3) is 0 Å². The van der Waals surface area contributed by atoms with Crippen LogP contribution in [-0.4, -0.2) is 41.7 Å². The van der Waals surface area contributed by atoms with Gasteiger partial charge in [0.05, 0.1) is 5.92 Å². The number of likely N-dealkylation sites (tertiary alicyclic amines) is 1. The Balaban J connectivity index is 1.25. The van der Waals surface area contributed by atoms with E-state index in [9.17, 15) is 19.2 Å². The summed E-state index contributed by atoms with van der Waals surface area (Å²) in [4.78, 5) is 51.1. The maximum absolute atomic E-state index is 12.4. The molecule has 0 saturated carbocycles. The maximum atomic E-state index is 12.4. The molecule has 7 nitrogen and oxygen atoms in total. The number of hydrogen-bond acceptors (Lipinski definition) is 7. The standard InChI is InChI=1S/C25H21NO6S/c27-21(18-8-10-20(11-9-18)32-25(30)22-7-4-12-33-22)16-31-24(29)19-13-23(28)26(15-19)14-17-5-2-1-3-6-17/h1-12,19H,13-16H2/t19-/m1/s1. The van der Waals surface area contributed by atoms with Crippen LogP contribution in [0.5, 0.6) is 5.75 Å². The van der Waals surface area contributed by atoms with E-state index in [2.05, 4.69) is 0 Å². The summed E-state index contributed by atoms with van der Waals surface area (Å²) < 4.78 is 10.4. The van der Waals surface area contributed by atoms with Crippen molar-refractivity contribution in [2.75, 3.05) is 13.2 Å². The molecule has 0 unspecified atom stereocenters. The van der Waals surface area contributed by atoms with Gasteiger partial charge >= 0.3 is 11.9 Å². The van der Waals surface area contributed by atoms with Gasteiger partial charge in [-0.05, 0) is 41.3 Å². The molecule has 1 aliphatic heterocycles. The molecule has 4 rings (SSSR count). The number of nitrogens with zero attached hydrogens (tertiary/aromatic N) is 1. The van der Waals surface area contributed by atoms with E-state index in [0.29, 0.717) is 22.7 Å². The van der Waals surface area contributed by atoms with Gasteiger partial charge in [0.2, 0.25) is 5.91 Å². The van der Waals surface area contributed by atoms with Crippen molar-refractivity contribution in [3.63, 3.8) is 0 Å². The van der Waals surface area contributed by atoms with Crippen molar-refractivity contribution >= 4 is 35.0 Å². The lowest BCUT2D eigenvalue weighted by Gasteiger charge is -2.16. The Bertz CT molecular complexity index is 1140. The van der Waals surface area contributed by atoms with Gasteiger partial charge < -0.3 is 14.4 Å². The van der Waals surface area contributed by atoms with Crippen molar-refractivity contribution in [2.45, 2.75) is 13.0 Å². The van der Waals surface area contributed by atoms with Crippen LogP contribution in [0.1, 0.15) is 32.0 Å². The van der Waals surface area contributed by atoms with E-state index in [-0.39, 0.29) is 24.7 Å². The molecule has 33 heavy (non-hydrogen) atoms. The van der Waals surface area contributed by atoms with Crippen molar-refractivity contribution in [1.82, 2.24) is 4.90 Å². The fourth-order valence-corrected chi connectivity index (χ4v) is 4.08. The Morgan fingerprint density at radius 1 is 0.970 bits per heavy atom. The number of rotatable bonds is 8. The van der Waals surface area contributed by atoms with Crippen molar-refractivity contribution in [3.05, 3.63) is 88.1 Å². The van der Waals surface area contributed by atoms with Gasteiger partial charge in [0.1, 0.15) is 10.6 Å². The van der Waals surface area contributed by atoms with Crippen molar-refractivity contribution in [3.8, 4) is 5.75 Å². The van der Waals surface area contributed by atoms with Crippen LogP contribution in [0.2, 0.25) is 0 Å². The highest BCUT2D eigenvalue weighted by Gasteiger charge is 2.35. The summed E-state index contributed by atoms with van der Waals surface area (Å²) in [5, 5.41) is 1.78. The zero-order chi connectivity index (χ0) is 23.2. The number of ether oxygens (including phenoxy) is 2. The molecule has 0 N–H and O–H groups in total. The third-order valence-corrected chi connectivity index (χ3v) is 6.07. The molecule has 0 aliphatic carbocycles. The SMILES string of the molecule is O=C(COC(=O)[C@@H]1CC(=O)N(Cc2ccccc2)C1)c1ccc(OC(=O)c2cccs2)cc1. The molecule has 1 amide bonds. The average Bonchev–Trinajstić information content (AvgIpc) is 3.49. The van der Waals surface area contributed by atoms with Gasteiger partial charge in [-0.25, -0.2) is 4.79 Å². The molecule has 1 fully saturated rings. The highest BCUT2D eigenvalue weighted by molar-refractivity contribution is 7.12. The molecule has 1 saturated heterocycles. The van der Waals surface area contributed by atoms with E-state index >= 15 is 0 Å². The molecule has 0 radical (unpaired) electrons. The average molecular weight is 464 g/mol. The number of benzene rings is 2. The van der Waals surface area contributed by atoms with Crippen LogP contribution < -0.4 is 4.74 Å². The minimum absolute atomic E-state index is 0.0736. The summed E-state index contributed by atoms with van der Waals surface area (Å²) in [5.41, 5.74) is 1.31. The summed E-state index contributed by atoms with van der Waals surface area (Å²) >= 11 is 1.28. The molecule has 0 bridgehead atoms. The number of esters is 2. The third kappa shape index (κ3) is 5.72. The number of carbonyl (C=O) groups is 4. The van der Waals surface area contributed by atoms with Crippen LogP contribution in [0, 0.1) is 5.92 Å². The second kappa shape index (κ2) is 10.2. The molecular formula is C25H21NO6S. The number of ketones is 1. The Hall–Kier alpha value is -3.78. The maximum Gasteiger partial charge on any atom is 0.353 e. The molecule has 8 heteroatoms. The van der Waals surface area contributed by atoms with E-state index in [1.165, 1.54) is 35.6 Å². The van der Waals surface area contributed by atoms with Crippen LogP contribution in [0.15, 0.2) is 72.1 Å². The van der Waals surface area contributed by atoms with Crippen molar-refractivity contribution in [2.24, 2.45) is 5.92 Å². The fraction of sp³-hybridized carbons (Fsp3) is 0.200. The lowest BCUT2D eigenvalue weighted by Crippen LogP contribution is -2.27. The van der Waals surface area contributed by atoms with Crippen molar-refractivity contribution in [1.29, 1.82) is 0 Å². The fourth-order valence-electron chi connectivity index (χ4n) is 3.49. The number of amides is 1. The summed E-state index contributed by atoms with van der Waals surface area (Å²) in [6.45, 7) is 0.285. The smallest absolute Gasteiger partial charge is 0.353 e. The zero-order valence-electron chi connectivity index (χ0n) is 17.6. The van der Waals surface area contributed by atoms with Gasteiger partial charge in [0.15, 0.2) is 12.4 Å². The topological polar surface area (TPSA) is 90.0 Å². The van der Waals surface area contributed by atoms with Gasteiger partial charge in [-0.15, -0.1) is 11.3 Å². The molecule has 0 spiro atoms. The number of hydrogen-bond donors (Lipinski definition) is 0. The molecule has 2 aromatic carbocycles. The quantitative estimate of drug-likeness (QED) is 0.287. The van der Waals surface area contributed by atoms with Crippen LogP contribution >= 0.6 is 11.3 Å². The van der Waals surface area contributed by atoms with Crippen molar-refractivity contribution < 1.29 is 28.7 Å². The Morgan fingerprint density at radius 2 is 1.73 bits per heavy atom. The van der Waals surface area contributed by atoms with Crippen LogP contribution in [0.4, 0.5) is 0 Å². The van der Waals surface area contributed by atoms with Crippen LogP contribution in [0.3, 0.4) is 0 Å². The summed E-state index contributed by atoms with van der Waals surface area (Å²) in [7, 11) is 0. The monoisotopic (exact) mass is 463 g/mol. The molecule has 1 aliphatic rings. The van der Waals surface area contributed by atoms with Gasteiger partial charge in [-0.2, -0.15) is 0 Å². The van der Waals surface area contributed by atoms with E-state index in [4.69, 9.17) is 9.47 Å². The Labute approximate surface area is 194 Å². The number of Topliss-reactive ketones (excluding diaryl/α,β-unsaturated/α-hetero) is 1. The minimum Gasteiger partial charge on any atom is -0.457 e. The molecule has 168 valence electrons. The van der Waals surface area contributed by atoms with Gasteiger partial charge in [0, 0.05) is 25.1 Å². The van der Waals surface area contributed by atoms with Gasteiger partial charge in [0.25, 0.3) is 0 Å². The zero-order valence-corrected chi connectivity index (χ0v) is 18.5.